The molecule has 0 aliphatic carbocycles. The van der Waals surface area contributed by atoms with E-state index < -0.39 is 12.8 Å². The topological polar surface area (TPSA) is 39.7 Å². The van der Waals surface area contributed by atoms with Crippen LogP contribution in [0.25, 0.3) is 0 Å². The maximum Gasteiger partial charge on any atom is 0.422 e. The third-order valence-corrected chi connectivity index (χ3v) is 3.80. The predicted octanol–water partition coefficient (Wildman–Crippen LogP) is 2.91. The van der Waals surface area contributed by atoms with Gasteiger partial charge in [0.1, 0.15) is 11.4 Å². The molecule has 1 aliphatic rings. The summed E-state index contributed by atoms with van der Waals surface area (Å²) in [6, 6.07) is 6.64. The van der Waals surface area contributed by atoms with Crippen molar-refractivity contribution in [1.29, 1.82) is 0 Å². The van der Waals surface area contributed by atoms with Gasteiger partial charge >= 0.3 is 6.18 Å². The van der Waals surface area contributed by atoms with Crippen LogP contribution in [-0.4, -0.2) is 45.3 Å². The van der Waals surface area contributed by atoms with Crippen LogP contribution in [0, 0.1) is 0 Å². The van der Waals surface area contributed by atoms with Gasteiger partial charge in [-0.3, -0.25) is 0 Å². The molecule has 1 N–H and O–H groups in total. The standard InChI is InChI=1S/C16H22F3NO3/c1-21-15(6-3-7-22-11-15)10-20-9-13-4-2-5-14(8-13)23-12-16(17,18)19/h2,4-5,8,20H,3,6-7,9-12H2,1H3. The molecule has 1 heterocycles. The fourth-order valence-corrected chi connectivity index (χ4v) is 2.54. The summed E-state index contributed by atoms with van der Waals surface area (Å²) in [6.07, 6.45) is -2.46. The molecule has 1 saturated heterocycles. The Labute approximate surface area is 133 Å². The average Bonchev–Trinajstić information content (AvgIpc) is 2.54. The molecule has 1 unspecified atom stereocenters. The number of ether oxygens (including phenoxy) is 3. The summed E-state index contributed by atoms with van der Waals surface area (Å²) >= 11 is 0. The van der Waals surface area contributed by atoms with Crippen molar-refractivity contribution in [2.24, 2.45) is 0 Å². The highest BCUT2D eigenvalue weighted by Gasteiger charge is 2.32. The van der Waals surface area contributed by atoms with Crippen LogP contribution in [0.5, 0.6) is 5.75 Å². The van der Waals surface area contributed by atoms with E-state index in [1.54, 1.807) is 19.2 Å². The molecule has 1 aliphatic heterocycles. The van der Waals surface area contributed by atoms with Crippen molar-refractivity contribution in [2.45, 2.75) is 31.2 Å². The maximum absolute atomic E-state index is 12.2. The molecule has 130 valence electrons. The first kappa shape index (κ1) is 18.0. The van der Waals surface area contributed by atoms with Crippen molar-refractivity contribution in [3.63, 3.8) is 0 Å². The monoisotopic (exact) mass is 333 g/mol. The maximum atomic E-state index is 12.2. The van der Waals surface area contributed by atoms with Crippen LogP contribution in [-0.2, 0) is 16.0 Å². The number of halogens is 3. The quantitative estimate of drug-likeness (QED) is 0.833. The molecule has 23 heavy (non-hydrogen) atoms. The molecular formula is C16H22F3NO3. The Morgan fingerprint density at radius 2 is 2.17 bits per heavy atom. The summed E-state index contributed by atoms with van der Waals surface area (Å²) < 4.78 is 52.3. The summed E-state index contributed by atoms with van der Waals surface area (Å²) in [5.74, 6) is 0.212. The molecule has 0 radical (unpaired) electrons. The van der Waals surface area contributed by atoms with Crippen LogP contribution < -0.4 is 10.1 Å². The van der Waals surface area contributed by atoms with E-state index in [4.69, 9.17) is 14.2 Å². The minimum atomic E-state index is -4.33. The minimum Gasteiger partial charge on any atom is -0.484 e. The van der Waals surface area contributed by atoms with Gasteiger partial charge in [0.25, 0.3) is 0 Å². The first-order valence-electron chi connectivity index (χ1n) is 7.55. The Hall–Kier alpha value is -1.31. The summed E-state index contributed by atoms with van der Waals surface area (Å²) in [5, 5.41) is 3.28. The normalized spacial score (nSPS) is 22.1. The lowest BCUT2D eigenvalue weighted by Gasteiger charge is -2.35. The highest BCUT2D eigenvalue weighted by molar-refractivity contribution is 5.28. The summed E-state index contributed by atoms with van der Waals surface area (Å²) in [7, 11) is 1.67. The third-order valence-electron chi connectivity index (χ3n) is 3.80. The van der Waals surface area contributed by atoms with Crippen molar-refractivity contribution >= 4 is 0 Å². The van der Waals surface area contributed by atoms with E-state index in [1.807, 2.05) is 6.07 Å². The fraction of sp³-hybridized carbons (Fsp3) is 0.625. The lowest BCUT2D eigenvalue weighted by Crippen LogP contribution is -2.48. The van der Waals surface area contributed by atoms with Gasteiger partial charge in [-0.15, -0.1) is 0 Å². The van der Waals surface area contributed by atoms with E-state index in [1.165, 1.54) is 6.07 Å². The van der Waals surface area contributed by atoms with Crippen LogP contribution in [0.1, 0.15) is 18.4 Å². The molecule has 7 heteroatoms. The second-order valence-electron chi connectivity index (χ2n) is 5.70. The zero-order valence-electron chi connectivity index (χ0n) is 13.1. The van der Waals surface area contributed by atoms with E-state index >= 15 is 0 Å². The van der Waals surface area contributed by atoms with Crippen LogP contribution in [0.4, 0.5) is 13.2 Å². The number of methoxy groups -OCH3 is 1. The van der Waals surface area contributed by atoms with Gasteiger partial charge in [-0.2, -0.15) is 13.2 Å². The van der Waals surface area contributed by atoms with Crippen LogP contribution in [0.3, 0.4) is 0 Å². The molecule has 1 aromatic carbocycles. The minimum absolute atomic E-state index is 0.212. The van der Waals surface area contributed by atoms with Gasteiger partial charge in [-0.25, -0.2) is 0 Å². The van der Waals surface area contributed by atoms with E-state index in [0.29, 0.717) is 19.7 Å². The van der Waals surface area contributed by atoms with Gasteiger partial charge in [0.2, 0.25) is 0 Å². The van der Waals surface area contributed by atoms with E-state index in [-0.39, 0.29) is 11.4 Å². The number of hydrogen-bond donors (Lipinski definition) is 1. The zero-order valence-corrected chi connectivity index (χ0v) is 13.1. The van der Waals surface area contributed by atoms with E-state index in [9.17, 15) is 13.2 Å². The summed E-state index contributed by atoms with van der Waals surface area (Å²) in [4.78, 5) is 0. The summed E-state index contributed by atoms with van der Waals surface area (Å²) in [6.45, 7) is 1.16. The highest BCUT2D eigenvalue weighted by Crippen LogP contribution is 2.22. The molecule has 0 spiro atoms. The first-order chi connectivity index (χ1) is 10.9. The van der Waals surface area contributed by atoms with E-state index in [0.717, 1.165) is 25.0 Å². The SMILES string of the molecule is COC1(CNCc2cccc(OCC(F)(F)F)c2)CCCOC1. The Morgan fingerprint density at radius 3 is 2.83 bits per heavy atom. The molecule has 0 amide bonds. The van der Waals surface area contributed by atoms with Gasteiger partial charge in [0, 0.05) is 26.8 Å². The van der Waals surface area contributed by atoms with Crippen molar-refractivity contribution < 1.29 is 27.4 Å². The second kappa shape index (κ2) is 7.99. The van der Waals surface area contributed by atoms with Gasteiger partial charge in [0.05, 0.1) is 6.61 Å². The highest BCUT2D eigenvalue weighted by atomic mass is 19.4. The Kier molecular flexibility index (Phi) is 6.26. The van der Waals surface area contributed by atoms with Crippen molar-refractivity contribution in [1.82, 2.24) is 5.32 Å². The van der Waals surface area contributed by atoms with E-state index in [2.05, 4.69) is 5.32 Å². The van der Waals surface area contributed by atoms with Crippen LogP contribution >= 0.6 is 0 Å². The number of benzene rings is 1. The molecule has 0 bridgehead atoms. The van der Waals surface area contributed by atoms with Gasteiger partial charge in [-0.05, 0) is 30.5 Å². The van der Waals surface area contributed by atoms with Gasteiger partial charge in [-0.1, -0.05) is 12.1 Å². The molecule has 0 saturated carbocycles. The molecule has 2 rings (SSSR count). The Morgan fingerprint density at radius 1 is 1.35 bits per heavy atom. The average molecular weight is 333 g/mol. The summed E-state index contributed by atoms with van der Waals surface area (Å²) in [5.41, 5.74) is 0.524. The number of rotatable bonds is 7. The fourth-order valence-electron chi connectivity index (χ4n) is 2.54. The van der Waals surface area contributed by atoms with Crippen molar-refractivity contribution in [2.75, 3.05) is 33.5 Å². The first-order valence-corrected chi connectivity index (χ1v) is 7.55. The molecule has 1 fully saturated rings. The molecule has 0 aromatic heterocycles. The number of alkyl halides is 3. The zero-order chi connectivity index (χ0) is 16.8. The molecule has 1 aromatic rings. The van der Waals surface area contributed by atoms with Crippen molar-refractivity contribution in [3.8, 4) is 5.75 Å². The smallest absolute Gasteiger partial charge is 0.422 e. The predicted molar refractivity (Wildman–Crippen MR) is 79.5 cm³/mol. The number of nitrogens with one attached hydrogen (secondary N) is 1. The van der Waals surface area contributed by atoms with Crippen LogP contribution in [0.15, 0.2) is 24.3 Å². The van der Waals surface area contributed by atoms with Gasteiger partial charge < -0.3 is 19.5 Å². The van der Waals surface area contributed by atoms with Crippen molar-refractivity contribution in [3.05, 3.63) is 29.8 Å². The van der Waals surface area contributed by atoms with Crippen LogP contribution in [0.2, 0.25) is 0 Å². The Balaban J connectivity index is 1.83. The number of hydrogen-bond acceptors (Lipinski definition) is 4. The lowest BCUT2D eigenvalue weighted by molar-refractivity contribution is -0.153. The third kappa shape index (κ3) is 6.01. The Bertz CT molecular complexity index is 488. The lowest BCUT2D eigenvalue weighted by atomic mass is 9.96. The van der Waals surface area contributed by atoms with Gasteiger partial charge in [0.15, 0.2) is 6.61 Å². The molecule has 4 nitrogen and oxygen atoms in total. The molecular weight excluding hydrogens is 311 g/mol. The molecule has 1 atom stereocenters. The second-order valence-corrected chi connectivity index (χ2v) is 5.70. The largest absolute Gasteiger partial charge is 0.484 e.